The van der Waals surface area contributed by atoms with Crippen LogP contribution in [0.15, 0.2) is 48.5 Å². The van der Waals surface area contributed by atoms with Gasteiger partial charge in [-0.25, -0.2) is 4.98 Å². The summed E-state index contributed by atoms with van der Waals surface area (Å²) in [5.41, 5.74) is 8.51. The van der Waals surface area contributed by atoms with Crippen molar-refractivity contribution in [1.29, 1.82) is 0 Å². The van der Waals surface area contributed by atoms with Gasteiger partial charge in [0.05, 0.1) is 16.6 Å². The Balaban J connectivity index is 2.10. The molecule has 0 saturated carbocycles. The van der Waals surface area contributed by atoms with Gasteiger partial charge in [-0.2, -0.15) is 0 Å². The van der Waals surface area contributed by atoms with Crippen molar-refractivity contribution in [1.82, 2.24) is 9.97 Å². The molecule has 1 aromatic heterocycles. The van der Waals surface area contributed by atoms with Gasteiger partial charge in [-0.05, 0) is 17.7 Å². The van der Waals surface area contributed by atoms with Crippen LogP contribution in [0.3, 0.4) is 0 Å². The molecule has 3 rings (SSSR count). The zero-order valence-corrected chi connectivity index (χ0v) is 11.1. The Morgan fingerprint density at radius 1 is 1.15 bits per heavy atom. The monoisotopic (exact) mass is 265 g/mol. The Bertz CT molecular complexity index is 762. The first kappa shape index (κ1) is 12.4. The van der Waals surface area contributed by atoms with Gasteiger partial charge in [0.15, 0.2) is 0 Å². The molecule has 0 aliphatic carbocycles. The molecule has 1 unspecified atom stereocenters. The molecule has 0 aliphatic rings. The van der Waals surface area contributed by atoms with Crippen LogP contribution in [0.5, 0.6) is 0 Å². The molecule has 0 aliphatic heterocycles. The zero-order chi connectivity index (χ0) is 14.1. The number of hydrogen-bond donors (Lipinski definition) is 2. The van der Waals surface area contributed by atoms with E-state index in [1.54, 1.807) is 12.1 Å². The zero-order valence-electron chi connectivity index (χ0n) is 11.1. The fourth-order valence-electron chi connectivity index (χ4n) is 2.36. The number of rotatable bonds is 3. The van der Waals surface area contributed by atoms with Crippen LogP contribution in [0, 0.1) is 0 Å². The topological polar surface area (TPSA) is 71.8 Å². The predicted octanol–water partition coefficient (Wildman–Crippen LogP) is 2.81. The van der Waals surface area contributed by atoms with E-state index in [4.69, 9.17) is 5.73 Å². The molecule has 3 N–H and O–H groups in total. The summed E-state index contributed by atoms with van der Waals surface area (Å²) in [5.74, 6) is 0.516. The third-order valence-corrected chi connectivity index (χ3v) is 3.51. The molecule has 20 heavy (non-hydrogen) atoms. The summed E-state index contributed by atoms with van der Waals surface area (Å²) >= 11 is 0. The van der Waals surface area contributed by atoms with Crippen LogP contribution >= 0.6 is 0 Å². The van der Waals surface area contributed by atoms with Gasteiger partial charge in [-0.15, -0.1) is 0 Å². The summed E-state index contributed by atoms with van der Waals surface area (Å²) in [7, 11) is 0. The largest absolute Gasteiger partial charge is 0.366 e. The Hall–Kier alpha value is -2.62. The third-order valence-electron chi connectivity index (χ3n) is 3.51. The molecule has 3 aromatic rings. The first-order chi connectivity index (χ1) is 9.66. The first-order valence-corrected chi connectivity index (χ1v) is 6.50. The molecule has 1 heterocycles. The normalized spacial score (nSPS) is 12.4. The van der Waals surface area contributed by atoms with Gasteiger partial charge in [0, 0.05) is 5.92 Å². The van der Waals surface area contributed by atoms with Crippen molar-refractivity contribution in [2.45, 2.75) is 12.8 Å². The Morgan fingerprint density at radius 3 is 2.60 bits per heavy atom. The lowest BCUT2D eigenvalue weighted by Crippen LogP contribution is -2.11. The van der Waals surface area contributed by atoms with Crippen molar-refractivity contribution < 1.29 is 4.79 Å². The van der Waals surface area contributed by atoms with E-state index < -0.39 is 5.91 Å². The minimum absolute atomic E-state index is 0.129. The summed E-state index contributed by atoms with van der Waals surface area (Å²) in [6, 6.07) is 15.5. The molecular formula is C16H15N3O. The van der Waals surface area contributed by atoms with Crippen LogP contribution in [-0.2, 0) is 0 Å². The molecule has 1 amide bonds. The second-order valence-electron chi connectivity index (χ2n) is 4.82. The lowest BCUT2D eigenvalue weighted by atomic mass is 10.0. The number of aromatic amines is 1. The number of nitrogens with one attached hydrogen (secondary N) is 1. The quantitative estimate of drug-likeness (QED) is 0.764. The van der Waals surface area contributed by atoms with Gasteiger partial charge in [-0.1, -0.05) is 43.3 Å². The lowest BCUT2D eigenvalue weighted by molar-refractivity contribution is 0.100. The maximum atomic E-state index is 11.4. The highest BCUT2D eigenvalue weighted by molar-refractivity contribution is 6.04. The molecule has 0 saturated heterocycles. The molecule has 100 valence electrons. The number of fused-ring (bicyclic) bond motifs is 1. The predicted molar refractivity (Wildman–Crippen MR) is 78.6 cm³/mol. The molecule has 4 nitrogen and oxygen atoms in total. The maximum absolute atomic E-state index is 11.4. The van der Waals surface area contributed by atoms with Crippen LogP contribution in [-0.4, -0.2) is 15.9 Å². The number of carbonyl (C=O) groups is 1. The van der Waals surface area contributed by atoms with Crippen LogP contribution in [0.25, 0.3) is 11.0 Å². The molecular weight excluding hydrogens is 250 g/mol. The lowest BCUT2D eigenvalue weighted by Gasteiger charge is -2.08. The molecule has 0 radical (unpaired) electrons. The standard InChI is InChI=1S/C16H15N3O/c1-10(11-6-3-2-4-7-11)16-18-13-9-5-8-12(15(17)20)14(13)19-16/h2-10H,1H3,(H2,17,20)(H,18,19). The smallest absolute Gasteiger partial charge is 0.250 e. The van der Waals surface area contributed by atoms with E-state index >= 15 is 0 Å². The molecule has 0 bridgehead atoms. The van der Waals surface area contributed by atoms with Gasteiger partial charge in [0.1, 0.15) is 5.82 Å². The highest BCUT2D eigenvalue weighted by Crippen LogP contribution is 2.25. The summed E-state index contributed by atoms with van der Waals surface area (Å²) in [6.45, 7) is 2.08. The second kappa shape index (κ2) is 4.81. The van der Waals surface area contributed by atoms with Gasteiger partial charge >= 0.3 is 0 Å². The minimum Gasteiger partial charge on any atom is -0.366 e. The Labute approximate surface area is 116 Å². The SMILES string of the molecule is CC(c1ccccc1)c1nc2cccc(C(N)=O)c2[nH]1. The van der Waals surface area contributed by atoms with E-state index in [-0.39, 0.29) is 5.92 Å². The third kappa shape index (κ3) is 2.05. The van der Waals surface area contributed by atoms with Crippen LogP contribution in [0.1, 0.15) is 34.6 Å². The first-order valence-electron chi connectivity index (χ1n) is 6.50. The maximum Gasteiger partial charge on any atom is 0.250 e. The number of benzene rings is 2. The summed E-state index contributed by atoms with van der Waals surface area (Å²) in [6.07, 6.45) is 0. The molecule has 4 heteroatoms. The molecule has 0 spiro atoms. The van der Waals surface area contributed by atoms with Gasteiger partial charge in [0.2, 0.25) is 0 Å². The van der Waals surface area contributed by atoms with Crippen molar-refractivity contribution in [3.8, 4) is 0 Å². The number of primary amides is 1. The number of aromatic nitrogens is 2. The summed E-state index contributed by atoms with van der Waals surface area (Å²) < 4.78 is 0. The van der Waals surface area contributed by atoms with E-state index in [9.17, 15) is 4.79 Å². The van der Waals surface area contributed by atoms with Crippen molar-refractivity contribution in [2.24, 2.45) is 5.73 Å². The molecule has 2 aromatic carbocycles. The van der Waals surface area contributed by atoms with Crippen molar-refractivity contribution in [3.05, 3.63) is 65.5 Å². The van der Waals surface area contributed by atoms with E-state index in [0.717, 1.165) is 11.3 Å². The Kier molecular flexibility index (Phi) is 2.99. The van der Waals surface area contributed by atoms with Crippen LogP contribution in [0.2, 0.25) is 0 Å². The van der Waals surface area contributed by atoms with E-state index in [1.807, 2.05) is 24.3 Å². The number of imidazole rings is 1. The minimum atomic E-state index is -0.446. The Morgan fingerprint density at radius 2 is 1.90 bits per heavy atom. The number of carbonyl (C=O) groups excluding carboxylic acids is 1. The number of amides is 1. The van der Waals surface area contributed by atoms with Crippen LogP contribution < -0.4 is 5.73 Å². The van der Waals surface area contributed by atoms with E-state index in [2.05, 4.69) is 29.0 Å². The average molecular weight is 265 g/mol. The number of H-pyrrole nitrogens is 1. The number of nitrogens with two attached hydrogens (primary N) is 1. The number of nitrogens with zero attached hydrogens (tertiary/aromatic N) is 1. The fraction of sp³-hybridized carbons (Fsp3) is 0.125. The summed E-state index contributed by atoms with van der Waals surface area (Å²) in [5, 5.41) is 0. The summed E-state index contributed by atoms with van der Waals surface area (Å²) in [4.78, 5) is 19.2. The van der Waals surface area contributed by atoms with Gasteiger partial charge in [-0.3, -0.25) is 4.79 Å². The van der Waals surface area contributed by atoms with Crippen molar-refractivity contribution in [2.75, 3.05) is 0 Å². The van der Waals surface area contributed by atoms with Gasteiger partial charge in [0.25, 0.3) is 5.91 Å². The number of para-hydroxylation sites is 1. The van der Waals surface area contributed by atoms with Crippen LogP contribution in [0.4, 0.5) is 0 Å². The van der Waals surface area contributed by atoms with E-state index in [0.29, 0.717) is 11.1 Å². The average Bonchev–Trinajstić information content (AvgIpc) is 2.90. The van der Waals surface area contributed by atoms with Crippen molar-refractivity contribution >= 4 is 16.9 Å². The second-order valence-corrected chi connectivity index (χ2v) is 4.82. The molecule has 0 fully saturated rings. The fourth-order valence-corrected chi connectivity index (χ4v) is 2.36. The van der Waals surface area contributed by atoms with Gasteiger partial charge < -0.3 is 10.7 Å². The molecule has 1 atom stereocenters. The van der Waals surface area contributed by atoms with Crippen molar-refractivity contribution in [3.63, 3.8) is 0 Å². The van der Waals surface area contributed by atoms with E-state index in [1.165, 1.54) is 5.56 Å². The highest BCUT2D eigenvalue weighted by atomic mass is 16.1. The highest BCUT2D eigenvalue weighted by Gasteiger charge is 2.15. The number of hydrogen-bond acceptors (Lipinski definition) is 2.